The SMILES string of the molecule is Cc1cccnc1Nc1cncc(C2CCCN2Cc2cn(C)c3ccc(F)cc23)n1. The van der Waals surface area contributed by atoms with Crippen LogP contribution in [-0.2, 0) is 13.6 Å². The first-order chi connectivity index (χ1) is 15.1. The number of nitrogens with zero attached hydrogens (tertiary/aromatic N) is 5. The summed E-state index contributed by atoms with van der Waals surface area (Å²) in [5, 5.41) is 4.26. The molecule has 1 aliphatic rings. The van der Waals surface area contributed by atoms with Crippen molar-refractivity contribution in [3.8, 4) is 0 Å². The van der Waals surface area contributed by atoms with Gasteiger partial charge in [-0.05, 0) is 61.7 Å². The van der Waals surface area contributed by atoms with Crippen molar-refractivity contribution >= 4 is 22.5 Å². The van der Waals surface area contributed by atoms with Gasteiger partial charge in [0.2, 0.25) is 0 Å². The molecule has 31 heavy (non-hydrogen) atoms. The summed E-state index contributed by atoms with van der Waals surface area (Å²) in [5.41, 5.74) is 4.18. The molecular formula is C24H25FN6. The number of benzene rings is 1. The van der Waals surface area contributed by atoms with Gasteiger partial charge in [0.05, 0.1) is 24.1 Å². The zero-order valence-corrected chi connectivity index (χ0v) is 17.7. The molecule has 1 atom stereocenters. The Labute approximate surface area is 180 Å². The Hall–Kier alpha value is -3.32. The van der Waals surface area contributed by atoms with Crippen LogP contribution in [-0.4, -0.2) is 31.0 Å². The van der Waals surface area contributed by atoms with Gasteiger partial charge in [-0.2, -0.15) is 0 Å². The fourth-order valence-electron chi connectivity index (χ4n) is 4.48. The van der Waals surface area contributed by atoms with Gasteiger partial charge in [-0.15, -0.1) is 0 Å². The second-order valence-electron chi connectivity index (χ2n) is 8.18. The summed E-state index contributed by atoms with van der Waals surface area (Å²) in [7, 11) is 2.01. The van der Waals surface area contributed by atoms with E-state index in [4.69, 9.17) is 4.98 Å². The highest BCUT2D eigenvalue weighted by atomic mass is 19.1. The van der Waals surface area contributed by atoms with Crippen molar-refractivity contribution in [1.82, 2.24) is 24.4 Å². The molecule has 5 rings (SSSR count). The third-order valence-electron chi connectivity index (χ3n) is 6.02. The Morgan fingerprint density at radius 1 is 1.23 bits per heavy atom. The average molecular weight is 417 g/mol. The van der Waals surface area contributed by atoms with Gasteiger partial charge in [-0.3, -0.25) is 9.88 Å². The molecule has 7 heteroatoms. The molecule has 0 spiro atoms. The molecule has 1 unspecified atom stereocenters. The highest BCUT2D eigenvalue weighted by molar-refractivity contribution is 5.84. The Kier molecular flexibility index (Phi) is 5.11. The van der Waals surface area contributed by atoms with E-state index in [0.29, 0.717) is 5.82 Å². The molecule has 158 valence electrons. The van der Waals surface area contributed by atoms with E-state index in [1.165, 1.54) is 6.07 Å². The number of aryl methyl sites for hydroxylation is 2. The first-order valence-corrected chi connectivity index (χ1v) is 10.6. The summed E-state index contributed by atoms with van der Waals surface area (Å²) in [6, 6.07) is 9.10. The van der Waals surface area contributed by atoms with Crippen LogP contribution in [0.2, 0.25) is 0 Å². The normalized spacial score (nSPS) is 16.8. The smallest absolute Gasteiger partial charge is 0.150 e. The van der Waals surface area contributed by atoms with Crippen LogP contribution in [0.1, 0.15) is 35.7 Å². The Balaban J connectivity index is 1.40. The molecule has 4 aromatic rings. The summed E-state index contributed by atoms with van der Waals surface area (Å²) >= 11 is 0. The minimum absolute atomic E-state index is 0.183. The molecule has 3 aromatic heterocycles. The van der Waals surface area contributed by atoms with Gasteiger partial charge in [-0.25, -0.2) is 14.4 Å². The fourth-order valence-corrected chi connectivity index (χ4v) is 4.48. The van der Waals surface area contributed by atoms with Crippen molar-refractivity contribution in [3.05, 3.63) is 77.8 Å². The van der Waals surface area contributed by atoms with Gasteiger partial charge in [0, 0.05) is 36.9 Å². The summed E-state index contributed by atoms with van der Waals surface area (Å²) in [4.78, 5) is 16.1. The molecule has 1 aliphatic heterocycles. The minimum Gasteiger partial charge on any atom is -0.350 e. The Morgan fingerprint density at radius 3 is 3.00 bits per heavy atom. The van der Waals surface area contributed by atoms with E-state index < -0.39 is 0 Å². The van der Waals surface area contributed by atoms with Gasteiger partial charge in [0.1, 0.15) is 17.5 Å². The lowest BCUT2D eigenvalue weighted by Crippen LogP contribution is -2.23. The maximum absolute atomic E-state index is 13.9. The Morgan fingerprint density at radius 2 is 2.13 bits per heavy atom. The third-order valence-corrected chi connectivity index (χ3v) is 6.02. The monoisotopic (exact) mass is 416 g/mol. The van der Waals surface area contributed by atoms with Crippen molar-refractivity contribution in [2.24, 2.45) is 7.05 Å². The number of aromatic nitrogens is 4. The van der Waals surface area contributed by atoms with Crippen molar-refractivity contribution < 1.29 is 4.39 Å². The van der Waals surface area contributed by atoms with Crippen LogP contribution in [0.25, 0.3) is 10.9 Å². The van der Waals surface area contributed by atoms with Crippen LogP contribution < -0.4 is 5.32 Å². The first-order valence-electron chi connectivity index (χ1n) is 10.6. The standard InChI is InChI=1S/C24H25FN6/c1-16-5-3-9-27-24(16)29-23-13-26-12-20(28-23)22-6-4-10-31(22)15-17-14-30(2)21-8-7-18(25)11-19(17)21/h3,5,7-9,11-14,22H,4,6,10,15H2,1-2H3,(H,27,28,29). The van der Waals surface area contributed by atoms with Crippen LogP contribution in [0.3, 0.4) is 0 Å². The summed E-state index contributed by atoms with van der Waals surface area (Å²) < 4.78 is 15.9. The highest BCUT2D eigenvalue weighted by Crippen LogP contribution is 2.34. The van der Waals surface area contributed by atoms with Crippen molar-refractivity contribution in [3.63, 3.8) is 0 Å². The lowest BCUT2D eigenvalue weighted by Gasteiger charge is -2.24. The molecular weight excluding hydrogens is 391 g/mol. The average Bonchev–Trinajstić information content (AvgIpc) is 3.35. The summed E-state index contributed by atoms with van der Waals surface area (Å²) in [6.07, 6.45) is 9.57. The quantitative estimate of drug-likeness (QED) is 0.502. The lowest BCUT2D eigenvalue weighted by atomic mass is 10.1. The van der Waals surface area contributed by atoms with E-state index in [1.54, 1.807) is 18.5 Å². The molecule has 0 amide bonds. The number of rotatable bonds is 5. The van der Waals surface area contributed by atoms with Crippen LogP contribution in [0.4, 0.5) is 16.0 Å². The van der Waals surface area contributed by atoms with E-state index >= 15 is 0 Å². The second-order valence-corrected chi connectivity index (χ2v) is 8.18. The molecule has 1 N–H and O–H groups in total. The van der Waals surface area contributed by atoms with Crippen LogP contribution >= 0.6 is 0 Å². The molecule has 4 heterocycles. The van der Waals surface area contributed by atoms with Crippen molar-refractivity contribution in [2.75, 3.05) is 11.9 Å². The summed E-state index contributed by atoms with van der Waals surface area (Å²) in [5.74, 6) is 1.28. The molecule has 0 radical (unpaired) electrons. The molecule has 0 bridgehead atoms. The number of halogens is 1. The van der Waals surface area contributed by atoms with E-state index in [2.05, 4.69) is 30.9 Å². The van der Waals surface area contributed by atoms with Gasteiger partial charge in [0.15, 0.2) is 0 Å². The predicted octanol–water partition coefficient (Wildman–Crippen LogP) is 4.89. The third kappa shape index (κ3) is 3.88. The molecule has 0 saturated carbocycles. The number of anilines is 2. The lowest BCUT2D eigenvalue weighted by molar-refractivity contribution is 0.245. The van der Waals surface area contributed by atoms with Crippen LogP contribution in [0.5, 0.6) is 0 Å². The number of likely N-dealkylation sites (tertiary alicyclic amines) is 1. The molecule has 1 aromatic carbocycles. The van der Waals surface area contributed by atoms with E-state index in [0.717, 1.165) is 59.5 Å². The molecule has 1 saturated heterocycles. The Bertz CT molecular complexity index is 1230. The zero-order chi connectivity index (χ0) is 21.4. The molecule has 1 fully saturated rings. The number of fused-ring (bicyclic) bond motifs is 1. The van der Waals surface area contributed by atoms with Crippen molar-refractivity contribution in [2.45, 2.75) is 32.4 Å². The first kappa shape index (κ1) is 19.6. The highest BCUT2D eigenvalue weighted by Gasteiger charge is 2.28. The zero-order valence-electron chi connectivity index (χ0n) is 17.7. The van der Waals surface area contributed by atoms with E-state index in [9.17, 15) is 4.39 Å². The number of pyridine rings is 1. The largest absolute Gasteiger partial charge is 0.350 e. The maximum Gasteiger partial charge on any atom is 0.150 e. The second kappa shape index (κ2) is 8.07. The molecule has 6 nitrogen and oxygen atoms in total. The topological polar surface area (TPSA) is 58.9 Å². The van der Waals surface area contributed by atoms with Gasteiger partial charge in [-0.1, -0.05) is 6.07 Å². The molecule has 0 aliphatic carbocycles. The van der Waals surface area contributed by atoms with E-state index in [1.807, 2.05) is 38.4 Å². The summed E-state index contributed by atoms with van der Waals surface area (Å²) in [6.45, 7) is 3.75. The van der Waals surface area contributed by atoms with E-state index in [-0.39, 0.29) is 11.9 Å². The van der Waals surface area contributed by atoms with Crippen LogP contribution in [0, 0.1) is 12.7 Å². The predicted molar refractivity (Wildman–Crippen MR) is 120 cm³/mol. The maximum atomic E-state index is 13.9. The minimum atomic E-state index is -0.202. The number of hydrogen-bond acceptors (Lipinski definition) is 5. The van der Waals surface area contributed by atoms with Crippen LogP contribution in [0.15, 0.2) is 55.1 Å². The van der Waals surface area contributed by atoms with Crippen molar-refractivity contribution in [1.29, 1.82) is 0 Å². The van der Waals surface area contributed by atoms with Gasteiger partial charge < -0.3 is 9.88 Å². The fraction of sp³-hybridized carbons (Fsp3) is 0.292. The number of hydrogen-bond donors (Lipinski definition) is 1. The number of nitrogens with one attached hydrogen (secondary N) is 1. The van der Waals surface area contributed by atoms with Gasteiger partial charge >= 0.3 is 0 Å². The van der Waals surface area contributed by atoms with Gasteiger partial charge in [0.25, 0.3) is 0 Å².